The Hall–Kier alpha value is -1.85. The molecular formula is C17H23ClN4O. The third kappa shape index (κ3) is 3.41. The Labute approximate surface area is 142 Å². The number of nitrogens with zero attached hydrogens (tertiary/aromatic N) is 2. The van der Waals surface area contributed by atoms with Crippen molar-refractivity contribution in [1.29, 1.82) is 0 Å². The lowest BCUT2D eigenvalue weighted by atomic mass is 9.97. The molecule has 1 aliphatic carbocycles. The van der Waals surface area contributed by atoms with E-state index in [1.165, 1.54) is 0 Å². The van der Waals surface area contributed by atoms with Crippen LogP contribution in [0.5, 0.6) is 0 Å². The van der Waals surface area contributed by atoms with Crippen LogP contribution in [-0.2, 0) is 0 Å². The molecule has 3 rings (SSSR count). The van der Waals surface area contributed by atoms with E-state index in [9.17, 15) is 4.79 Å². The maximum atomic E-state index is 12.6. The van der Waals surface area contributed by atoms with Crippen LogP contribution in [0, 0.1) is 6.92 Å². The molecule has 1 heterocycles. The van der Waals surface area contributed by atoms with Crippen LogP contribution in [0.3, 0.4) is 0 Å². The maximum Gasteiger partial charge on any atom is 0.255 e. The molecule has 3 N–H and O–H groups in total. The molecule has 0 spiro atoms. The van der Waals surface area contributed by atoms with Gasteiger partial charge in [0.2, 0.25) is 0 Å². The number of hydrogen-bond donors (Lipinski definition) is 2. The molecule has 0 atom stereocenters. The molecular weight excluding hydrogens is 312 g/mol. The van der Waals surface area contributed by atoms with E-state index in [1.807, 2.05) is 37.3 Å². The van der Waals surface area contributed by atoms with Crippen molar-refractivity contribution in [3.63, 3.8) is 0 Å². The van der Waals surface area contributed by atoms with Crippen molar-refractivity contribution in [2.24, 2.45) is 5.73 Å². The summed E-state index contributed by atoms with van der Waals surface area (Å²) in [7, 11) is 0. The second-order valence-corrected chi connectivity index (χ2v) is 6.04. The molecule has 1 aromatic carbocycles. The molecule has 1 amide bonds. The van der Waals surface area contributed by atoms with Crippen molar-refractivity contribution < 1.29 is 4.79 Å². The van der Waals surface area contributed by atoms with Crippen LogP contribution >= 0.6 is 12.4 Å². The quantitative estimate of drug-likeness (QED) is 0.902. The van der Waals surface area contributed by atoms with Gasteiger partial charge in [-0.2, -0.15) is 5.10 Å². The number of benzene rings is 1. The number of nitrogens with one attached hydrogen (secondary N) is 1. The monoisotopic (exact) mass is 334 g/mol. The zero-order valence-corrected chi connectivity index (χ0v) is 14.1. The Kier molecular flexibility index (Phi) is 5.44. The Morgan fingerprint density at radius 3 is 2.57 bits per heavy atom. The molecule has 0 unspecified atom stereocenters. The first-order chi connectivity index (χ1) is 10.7. The number of rotatable bonds is 4. The second kappa shape index (κ2) is 7.15. The molecule has 5 nitrogen and oxygen atoms in total. The van der Waals surface area contributed by atoms with Crippen LogP contribution < -0.4 is 11.1 Å². The van der Waals surface area contributed by atoms with Gasteiger partial charge in [0.05, 0.1) is 28.7 Å². The molecule has 0 aliphatic heterocycles. The van der Waals surface area contributed by atoms with E-state index < -0.39 is 0 Å². The first-order valence-electron chi connectivity index (χ1n) is 7.78. The molecule has 1 aliphatic rings. The van der Waals surface area contributed by atoms with Crippen LogP contribution in [0.4, 0.5) is 0 Å². The van der Waals surface area contributed by atoms with E-state index >= 15 is 0 Å². The van der Waals surface area contributed by atoms with Gasteiger partial charge in [-0.15, -0.1) is 12.4 Å². The lowest BCUT2D eigenvalue weighted by Crippen LogP contribution is -2.51. The summed E-state index contributed by atoms with van der Waals surface area (Å²) < 4.78 is 1.79. The Morgan fingerprint density at radius 1 is 1.30 bits per heavy atom. The highest BCUT2D eigenvalue weighted by Crippen LogP contribution is 2.29. The summed E-state index contributed by atoms with van der Waals surface area (Å²) in [4.78, 5) is 12.6. The van der Waals surface area contributed by atoms with Gasteiger partial charge in [0.25, 0.3) is 5.91 Å². The molecule has 2 aromatic rings. The third-order valence-electron chi connectivity index (χ3n) is 4.59. The van der Waals surface area contributed by atoms with Gasteiger partial charge >= 0.3 is 0 Å². The Bertz CT molecular complexity index is 662. The van der Waals surface area contributed by atoms with Crippen molar-refractivity contribution in [2.45, 2.75) is 38.1 Å². The normalized spacial score (nSPS) is 15.9. The van der Waals surface area contributed by atoms with Gasteiger partial charge in [-0.3, -0.25) is 4.79 Å². The van der Waals surface area contributed by atoms with E-state index in [0.717, 1.165) is 37.1 Å². The highest BCUT2D eigenvalue weighted by atomic mass is 35.5. The number of hydrogen-bond acceptors (Lipinski definition) is 3. The smallest absolute Gasteiger partial charge is 0.255 e. The number of para-hydroxylation sites is 1. The van der Waals surface area contributed by atoms with Crippen molar-refractivity contribution in [1.82, 2.24) is 15.1 Å². The van der Waals surface area contributed by atoms with E-state index in [2.05, 4.69) is 10.4 Å². The van der Waals surface area contributed by atoms with Crippen LogP contribution in [-0.4, -0.2) is 27.8 Å². The molecule has 6 heteroatoms. The molecule has 23 heavy (non-hydrogen) atoms. The van der Waals surface area contributed by atoms with Gasteiger partial charge in [0.1, 0.15) is 0 Å². The average Bonchev–Trinajstić information content (AvgIpc) is 3.15. The SMILES string of the molecule is Cc1c(C(=O)NC2(CN)CCCC2)cnn1-c1ccccc1.Cl. The standard InChI is InChI=1S/C17H22N4O.ClH/c1-13-15(11-19-21(13)14-7-3-2-4-8-14)16(22)20-17(12-18)9-5-6-10-17;/h2-4,7-8,11H,5-6,9-10,12,18H2,1H3,(H,20,22);1H. The first-order valence-corrected chi connectivity index (χ1v) is 7.78. The van der Waals surface area contributed by atoms with Crippen molar-refractivity contribution in [2.75, 3.05) is 6.54 Å². The molecule has 1 fully saturated rings. The summed E-state index contributed by atoms with van der Waals surface area (Å²) in [6.45, 7) is 2.41. The van der Waals surface area contributed by atoms with E-state index in [1.54, 1.807) is 10.9 Å². The van der Waals surface area contributed by atoms with Crippen molar-refractivity contribution in [3.8, 4) is 5.69 Å². The fourth-order valence-electron chi connectivity index (χ4n) is 3.20. The first kappa shape index (κ1) is 17.5. The van der Waals surface area contributed by atoms with E-state index in [0.29, 0.717) is 12.1 Å². The predicted molar refractivity (Wildman–Crippen MR) is 93.3 cm³/mol. The number of nitrogens with two attached hydrogens (primary N) is 1. The fraction of sp³-hybridized carbons (Fsp3) is 0.412. The van der Waals surface area contributed by atoms with Crippen molar-refractivity contribution >= 4 is 18.3 Å². The topological polar surface area (TPSA) is 72.9 Å². The van der Waals surface area contributed by atoms with Gasteiger partial charge in [0, 0.05) is 6.54 Å². The lowest BCUT2D eigenvalue weighted by molar-refractivity contribution is 0.0902. The van der Waals surface area contributed by atoms with Crippen molar-refractivity contribution in [3.05, 3.63) is 47.8 Å². The number of aromatic nitrogens is 2. The molecule has 124 valence electrons. The summed E-state index contributed by atoms with van der Waals surface area (Å²) in [5, 5.41) is 7.50. The molecule has 1 aromatic heterocycles. The largest absolute Gasteiger partial charge is 0.345 e. The molecule has 0 saturated heterocycles. The van der Waals surface area contributed by atoms with Crippen LogP contribution in [0.2, 0.25) is 0 Å². The summed E-state index contributed by atoms with van der Waals surface area (Å²) in [5.74, 6) is -0.0768. The number of carbonyl (C=O) groups is 1. The van der Waals surface area contributed by atoms with Gasteiger partial charge in [-0.05, 0) is 31.9 Å². The predicted octanol–water partition coefficient (Wildman–Crippen LogP) is 2.60. The minimum Gasteiger partial charge on any atom is -0.345 e. The van der Waals surface area contributed by atoms with Gasteiger partial charge in [0.15, 0.2) is 0 Å². The summed E-state index contributed by atoms with van der Waals surface area (Å²) in [6.07, 6.45) is 5.80. The Morgan fingerprint density at radius 2 is 1.96 bits per heavy atom. The zero-order chi connectivity index (χ0) is 15.6. The average molecular weight is 335 g/mol. The number of amides is 1. The van der Waals surface area contributed by atoms with Crippen LogP contribution in [0.25, 0.3) is 5.69 Å². The van der Waals surface area contributed by atoms with Crippen LogP contribution in [0.15, 0.2) is 36.5 Å². The van der Waals surface area contributed by atoms with Crippen LogP contribution in [0.1, 0.15) is 41.7 Å². The fourth-order valence-corrected chi connectivity index (χ4v) is 3.20. The number of halogens is 1. The van der Waals surface area contributed by atoms with Gasteiger partial charge in [-0.25, -0.2) is 4.68 Å². The molecule has 0 bridgehead atoms. The molecule has 1 saturated carbocycles. The third-order valence-corrected chi connectivity index (χ3v) is 4.59. The Balaban J connectivity index is 0.00000192. The van der Waals surface area contributed by atoms with E-state index in [-0.39, 0.29) is 23.9 Å². The minimum absolute atomic E-state index is 0. The highest BCUT2D eigenvalue weighted by molar-refractivity contribution is 5.95. The minimum atomic E-state index is -0.238. The number of carbonyl (C=O) groups excluding carboxylic acids is 1. The van der Waals surface area contributed by atoms with Gasteiger partial charge in [-0.1, -0.05) is 31.0 Å². The maximum absolute atomic E-state index is 12.6. The lowest BCUT2D eigenvalue weighted by Gasteiger charge is -2.28. The van der Waals surface area contributed by atoms with Gasteiger partial charge < -0.3 is 11.1 Å². The second-order valence-electron chi connectivity index (χ2n) is 6.04. The van der Waals surface area contributed by atoms with E-state index in [4.69, 9.17) is 5.73 Å². The summed E-state index contributed by atoms with van der Waals surface area (Å²) >= 11 is 0. The summed E-state index contributed by atoms with van der Waals surface area (Å²) in [6, 6.07) is 9.82. The zero-order valence-electron chi connectivity index (χ0n) is 13.3. The molecule has 0 radical (unpaired) electrons. The highest BCUT2D eigenvalue weighted by Gasteiger charge is 2.34. The summed E-state index contributed by atoms with van der Waals surface area (Å²) in [5.41, 5.74) is 8.06.